The molecule has 1 aromatic carbocycles. The van der Waals surface area contributed by atoms with Crippen LogP contribution >= 0.6 is 0 Å². The van der Waals surface area contributed by atoms with Gasteiger partial charge in [0.1, 0.15) is 5.82 Å². The van der Waals surface area contributed by atoms with Crippen LogP contribution < -0.4 is 5.32 Å². The van der Waals surface area contributed by atoms with Crippen molar-refractivity contribution in [2.24, 2.45) is 5.92 Å². The number of benzene rings is 1. The zero-order valence-corrected chi connectivity index (χ0v) is 18.8. The number of nitrogens with one attached hydrogen (secondary N) is 1. The molecule has 0 saturated carbocycles. The molecule has 0 radical (unpaired) electrons. The molecule has 1 aliphatic carbocycles. The Morgan fingerprint density at radius 3 is 2.94 bits per heavy atom. The zero-order chi connectivity index (χ0) is 21.0. The number of hydrogen-bond acceptors (Lipinski definition) is 4. The molecule has 5 nitrogen and oxygen atoms in total. The van der Waals surface area contributed by atoms with Crippen molar-refractivity contribution >= 4 is 11.0 Å². The summed E-state index contributed by atoms with van der Waals surface area (Å²) in [5, 5.41) is 3.59. The van der Waals surface area contributed by atoms with Crippen molar-refractivity contribution in [3.05, 3.63) is 59.7 Å². The first-order chi connectivity index (χ1) is 15.3. The molecule has 31 heavy (non-hydrogen) atoms. The van der Waals surface area contributed by atoms with Crippen molar-refractivity contribution < 1.29 is 0 Å². The van der Waals surface area contributed by atoms with Crippen LogP contribution in [-0.4, -0.2) is 39.1 Å². The summed E-state index contributed by atoms with van der Waals surface area (Å²) < 4.78 is 2.51. The topological polar surface area (TPSA) is 46.0 Å². The van der Waals surface area contributed by atoms with Crippen molar-refractivity contribution in [1.82, 2.24) is 24.8 Å². The van der Waals surface area contributed by atoms with Crippen LogP contribution in [0.15, 0.2) is 42.6 Å². The number of aryl methyl sites for hydroxylation is 1. The number of imidazole rings is 1. The van der Waals surface area contributed by atoms with Gasteiger partial charge in [-0.15, -0.1) is 0 Å². The highest BCUT2D eigenvalue weighted by Crippen LogP contribution is 2.34. The molecule has 2 aliphatic rings. The van der Waals surface area contributed by atoms with E-state index >= 15 is 0 Å². The van der Waals surface area contributed by atoms with Gasteiger partial charge in [0.25, 0.3) is 0 Å². The van der Waals surface area contributed by atoms with Crippen LogP contribution in [0.4, 0.5) is 0 Å². The predicted octanol–water partition coefficient (Wildman–Crippen LogP) is 4.72. The smallest absolute Gasteiger partial charge is 0.124 e. The van der Waals surface area contributed by atoms with E-state index in [0.29, 0.717) is 12.0 Å². The maximum atomic E-state index is 5.13. The first kappa shape index (κ1) is 20.7. The quantitative estimate of drug-likeness (QED) is 0.604. The van der Waals surface area contributed by atoms with Crippen molar-refractivity contribution in [2.75, 3.05) is 19.6 Å². The van der Waals surface area contributed by atoms with E-state index in [0.717, 1.165) is 51.1 Å². The van der Waals surface area contributed by atoms with E-state index in [4.69, 9.17) is 9.97 Å². The molecule has 5 heteroatoms. The molecular weight excluding hydrogens is 382 g/mol. The summed E-state index contributed by atoms with van der Waals surface area (Å²) in [7, 11) is 0. The Labute approximate surface area is 185 Å². The Morgan fingerprint density at radius 1 is 1.13 bits per heavy atom. The summed E-state index contributed by atoms with van der Waals surface area (Å²) in [6.45, 7) is 7.59. The van der Waals surface area contributed by atoms with E-state index in [1.165, 1.54) is 48.3 Å². The summed E-state index contributed by atoms with van der Waals surface area (Å²) in [6.07, 6.45) is 9.28. The number of piperidine rings is 1. The molecular formula is C26H35N5. The molecule has 3 heterocycles. The van der Waals surface area contributed by atoms with Crippen LogP contribution in [0.2, 0.25) is 0 Å². The van der Waals surface area contributed by atoms with Crippen LogP contribution in [0.1, 0.15) is 62.2 Å². The summed E-state index contributed by atoms with van der Waals surface area (Å²) in [4.78, 5) is 12.6. The Morgan fingerprint density at radius 2 is 2.06 bits per heavy atom. The Kier molecular flexibility index (Phi) is 6.32. The highest BCUT2D eigenvalue weighted by Gasteiger charge is 2.28. The first-order valence-electron chi connectivity index (χ1n) is 12.2. The fourth-order valence-corrected chi connectivity index (χ4v) is 5.54. The molecule has 1 fully saturated rings. The lowest BCUT2D eigenvalue weighted by molar-refractivity contribution is 0.159. The van der Waals surface area contributed by atoms with E-state index in [9.17, 15) is 0 Å². The standard InChI is InChI=1S/C26H35N5/c1-2-16-30(24-13-5-9-21-10-7-15-28-26(21)24)19-25-29-22-11-3-4-12-23(22)31(25)18-20-8-6-14-27-17-20/h3-4,7,10-12,15,20,24,27H,2,5-6,8-9,13-14,16-19H2,1H3/t20-,24?/m0/s1. The van der Waals surface area contributed by atoms with Crippen molar-refractivity contribution in [3.8, 4) is 0 Å². The molecule has 3 aromatic rings. The Balaban J connectivity index is 1.47. The third kappa shape index (κ3) is 4.39. The highest BCUT2D eigenvalue weighted by molar-refractivity contribution is 5.75. The van der Waals surface area contributed by atoms with Crippen LogP contribution in [0.25, 0.3) is 11.0 Å². The van der Waals surface area contributed by atoms with Crippen molar-refractivity contribution in [1.29, 1.82) is 0 Å². The molecule has 0 spiro atoms. The lowest BCUT2D eigenvalue weighted by atomic mass is 9.90. The molecule has 1 aliphatic heterocycles. The van der Waals surface area contributed by atoms with Gasteiger partial charge < -0.3 is 9.88 Å². The van der Waals surface area contributed by atoms with Gasteiger partial charge in [-0.3, -0.25) is 9.88 Å². The first-order valence-corrected chi connectivity index (χ1v) is 12.2. The molecule has 0 amide bonds. The van der Waals surface area contributed by atoms with Gasteiger partial charge in [-0.2, -0.15) is 0 Å². The fourth-order valence-electron chi connectivity index (χ4n) is 5.54. The van der Waals surface area contributed by atoms with Gasteiger partial charge in [-0.05, 0) is 87.8 Å². The molecule has 2 atom stereocenters. The summed E-state index contributed by atoms with van der Waals surface area (Å²) in [5.74, 6) is 1.89. The normalized spacial score (nSPS) is 21.5. The molecule has 2 aromatic heterocycles. The summed E-state index contributed by atoms with van der Waals surface area (Å²) in [6, 6.07) is 13.4. The molecule has 5 rings (SSSR count). The van der Waals surface area contributed by atoms with Crippen LogP contribution in [-0.2, 0) is 19.5 Å². The van der Waals surface area contributed by atoms with E-state index < -0.39 is 0 Å². The van der Waals surface area contributed by atoms with Crippen LogP contribution in [0.5, 0.6) is 0 Å². The van der Waals surface area contributed by atoms with Crippen molar-refractivity contribution in [2.45, 2.75) is 64.6 Å². The fraction of sp³-hybridized carbons (Fsp3) is 0.538. The second-order valence-corrected chi connectivity index (χ2v) is 9.27. The highest BCUT2D eigenvalue weighted by atomic mass is 15.2. The second kappa shape index (κ2) is 9.49. The Bertz CT molecular complexity index is 1000. The SMILES string of the molecule is CCCN(Cc1nc2ccccc2n1C[C@H]1CCCNC1)C1CCCc2cccnc21. The van der Waals surface area contributed by atoms with Gasteiger partial charge in [0.15, 0.2) is 0 Å². The average Bonchev–Trinajstić information content (AvgIpc) is 3.16. The molecule has 1 saturated heterocycles. The second-order valence-electron chi connectivity index (χ2n) is 9.27. The third-order valence-electron chi connectivity index (χ3n) is 7.03. The molecule has 1 unspecified atom stereocenters. The van der Waals surface area contributed by atoms with Gasteiger partial charge in [-0.25, -0.2) is 4.98 Å². The number of para-hydroxylation sites is 2. The van der Waals surface area contributed by atoms with E-state index in [1.54, 1.807) is 0 Å². The predicted molar refractivity (Wildman–Crippen MR) is 126 cm³/mol. The van der Waals surface area contributed by atoms with E-state index in [1.807, 2.05) is 6.20 Å². The van der Waals surface area contributed by atoms with E-state index in [-0.39, 0.29) is 0 Å². The van der Waals surface area contributed by atoms with Gasteiger partial charge in [0.2, 0.25) is 0 Å². The lowest BCUT2D eigenvalue weighted by Gasteiger charge is -2.35. The molecule has 164 valence electrons. The monoisotopic (exact) mass is 417 g/mol. The number of aromatic nitrogens is 3. The van der Waals surface area contributed by atoms with Crippen LogP contribution in [0.3, 0.4) is 0 Å². The van der Waals surface area contributed by atoms with Gasteiger partial charge in [-0.1, -0.05) is 25.1 Å². The molecule has 0 bridgehead atoms. The molecule has 1 N–H and O–H groups in total. The minimum absolute atomic E-state index is 0.398. The Hall–Kier alpha value is -2.24. The zero-order valence-electron chi connectivity index (χ0n) is 18.8. The lowest BCUT2D eigenvalue weighted by Crippen LogP contribution is -2.35. The summed E-state index contributed by atoms with van der Waals surface area (Å²) >= 11 is 0. The number of rotatable bonds is 7. The number of nitrogens with zero attached hydrogens (tertiary/aromatic N) is 4. The number of fused-ring (bicyclic) bond motifs is 2. The maximum Gasteiger partial charge on any atom is 0.124 e. The number of pyridine rings is 1. The largest absolute Gasteiger partial charge is 0.327 e. The van der Waals surface area contributed by atoms with Gasteiger partial charge in [0.05, 0.1) is 29.3 Å². The van der Waals surface area contributed by atoms with Crippen molar-refractivity contribution in [3.63, 3.8) is 0 Å². The van der Waals surface area contributed by atoms with Gasteiger partial charge >= 0.3 is 0 Å². The van der Waals surface area contributed by atoms with E-state index in [2.05, 4.69) is 58.1 Å². The maximum absolute atomic E-state index is 5.13. The van der Waals surface area contributed by atoms with Gasteiger partial charge in [0, 0.05) is 12.7 Å². The minimum atomic E-state index is 0.398. The van der Waals surface area contributed by atoms with Crippen LogP contribution in [0, 0.1) is 5.92 Å². The minimum Gasteiger partial charge on any atom is -0.327 e. The summed E-state index contributed by atoms with van der Waals surface area (Å²) in [5.41, 5.74) is 5.13. The number of hydrogen-bond donors (Lipinski definition) is 1. The average molecular weight is 418 g/mol. The third-order valence-corrected chi connectivity index (χ3v) is 7.03.